The fourth-order valence-corrected chi connectivity index (χ4v) is 6.50. The van der Waals surface area contributed by atoms with Crippen molar-refractivity contribution in [1.29, 1.82) is 0 Å². The first-order chi connectivity index (χ1) is 18.7. The summed E-state index contributed by atoms with van der Waals surface area (Å²) in [4.78, 5) is 17.6. The summed E-state index contributed by atoms with van der Waals surface area (Å²) >= 11 is 0. The van der Waals surface area contributed by atoms with Crippen LogP contribution in [-0.4, -0.2) is 56.7 Å². The molecule has 4 atom stereocenters. The number of piperazine rings is 1. The molecule has 3 aromatic rings. The SMILES string of the molecule is COc1ccc(N2CCN(Cc3ccc(C4NC5CCNC(=O)C5CC4c4ccccc4)cc3)CC2)cc1. The van der Waals surface area contributed by atoms with Crippen LogP contribution in [0.4, 0.5) is 5.69 Å². The number of rotatable bonds is 6. The minimum atomic E-state index is 0.0426. The number of fused-ring (bicyclic) bond motifs is 1. The highest BCUT2D eigenvalue weighted by atomic mass is 16.5. The molecular formula is C32H38N4O2. The van der Waals surface area contributed by atoms with Crippen LogP contribution in [0.5, 0.6) is 5.75 Å². The van der Waals surface area contributed by atoms with E-state index in [1.165, 1.54) is 22.4 Å². The van der Waals surface area contributed by atoms with Gasteiger partial charge < -0.3 is 20.3 Å². The predicted octanol–water partition coefficient (Wildman–Crippen LogP) is 4.34. The fraction of sp³-hybridized carbons (Fsp3) is 0.406. The summed E-state index contributed by atoms with van der Waals surface area (Å²) in [5, 5.41) is 6.97. The van der Waals surface area contributed by atoms with Crippen LogP contribution >= 0.6 is 0 Å². The molecule has 0 aliphatic carbocycles. The lowest BCUT2D eigenvalue weighted by Crippen LogP contribution is -2.56. The molecular weight excluding hydrogens is 472 g/mol. The Balaban J connectivity index is 1.11. The zero-order valence-corrected chi connectivity index (χ0v) is 22.2. The normalized spacial score (nSPS) is 25.9. The van der Waals surface area contributed by atoms with Crippen LogP contribution in [0.2, 0.25) is 0 Å². The zero-order valence-electron chi connectivity index (χ0n) is 22.2. The summed E-state index contributed by atoms with van der Waals surface area (Å²) in [6.45, 7) is 5.91. The van der Waals surface area contributed by atoms with Crippen LogP contribution in [0.15, 0.2) is 78.9 Å². The van der Waals surface area contributed by atoms with E-state index in [0.717, 1.165) is 57.9 Å². The Morgan fingerprint density at radius 2 is 1.58 bits per heavy atom. The Hall–Kier alpha value is -3.35. The van der Waals surface area contributed by atoms with Crippen LogP contribution in [0, 0.1) is 5.92 Å². The standard InChI is InChI=1S/C32H38N4O2/c1-38-27-13-11-26(12-14-27)36-19-17-35(18-20-36)22-23-7-9-25(10-8-23)31-28(24-5-3-2-4-6-24)21-29-30(34-31)15-16-33-32(29)37/h2-14,28-31,34H,15-22H2,1H3,(H,33,37). The molecule has 0 spiro atoms. The van der Waals surface area contributed by atoms with Crippen LogP contribution in [-0.2, 0) is 11.3 Å². The van der Waals surface area contributed by atoms with Crippen molar-refractivity contribution in [3.63, 3.8) is 0 Å². The number of carbonyl (C=O) groups excluding carboxylic acids is 1. The number of amides is 1. The van der Waals surface area contributed by atoms with E-state index in [9.17, 15) is 4.79 Å². The summed E-state index contributed by atoms with van der Waals surface area (Å²) in [7, 11) is 1.71. The Morgan fingerprint density at radius 3 is 2.29 bits per heavy atom. The third kappa shape index (κ3) is 5.29. The number of hydrogen-bond acceptors (Lipinski definition) is 5. The van der Waals surface area contributed by atoms with E-state index in [-0.39, 0.29) is 29.8 Å². The van der Waals surface area contributed by atoms with Gasteiger partial charge in [0.25, 0.3) is 0 Å². The Labute approximate surface area is 226 Å². The van der Waals surface area contributed by atoms with Crippen molar-refractivity contribution in [2.75, 3.05) is 44.7 Å². The minimum absolute atomic E-state index is 0.0426. The molecule has 198 valence electrons. The Kier molecular flexibility index (Phi) is 7.34. The van der Waals surface area contributed by atoms with E-state index >= 15 is 0 Å². The molecule has 1 amide bonds. The molecule has 3 fully saturated rings. The Morgan fingerprint density at radius 1 is 0.842 bits per heavy atom. The smallest absolute Gasteiger partial charge is 0.224 e. The lowest BCUT2D eigenvalue weighted by atomic mass is 9.72. The molecule has 38 heavy (non-hydrogen) atoms. The summed E-state index contributed by atoms with van der Waals surface area (Å²) < 4.78 is 5.30. The van der Waals surface area contributed by atoms with E-state index in [1.54, 1.807) is 7.11 Å². The summed E-state index contributed by atoms with van der Waals surface area (Å²) in [6.07, 6.45) is 1.88. The van der Waals surface area contributed by atoms with Crippen LogP contribution < -0.4 is 20.3 Å². The number of anilines is 1. The maximum Gasteiger partial charge on any atom is 0.224 e. The molecule has 0 radical (unpaired) electrons. The van der Waals surface area contributed by atoms with Gasteiger partial charge in [-0.2, -0.15) is 0 Å². The van der Waals surface area contributed by atoms with Crippen LogP contribution in [0.3, 0.4) is 0 Å². The minimum Gasteiger partial charge on any atom is -0.497 e. The van der Waals surface area contributed by atoms with Crippen molar-refractivity contribution >= 4 is 11.6 Å². The summed E-state index contributed by atoms with van der Waals surface area (Å²) in [5.41, 5.74) is 5.24. The maximum atomic E-state index is 12.6. The number of benzene rings is 3. The molecule has 3 saturated heterocycles. The van der Waals surface area contributed by atoms with Crippen LogP contribution in [0.25, 0.3) is 0 Å². The van der Waals surface area contributed by atoms with Gasteiger partial charge >= 0.3 is 0 Å². The highest BCUT2D eigenvalue weighted by molar-refractivity contribution is 5.80. The van der Waals surface area contributed by atoms with Gasteiger partial charge in [-0.1, -0.05) is 54.6 Å². The van der Waals surface area contributed by atoms with Crippen molar-refractivity contribution < 1.29 is 9.53 Å². The van der Waals surface area contributed by atoms with Gasteiger partial charge in [0.15, 0.2) is 0 Å². The average molecular weight is 511 g/mol. The van der Waals surface area contributed by atoms with E-state index in [4.69, 9.17) is 4.74 Å². The summed E-state index contributed by atoms with van der Waals surface area (Å²) in [6, 6.07) is 28.7. The van der Waals surface area contributed by atoms with Crippen molar-refractivity contribution in [2.24, 2.45) is 5.92 Å². The molecule has 0 bridgehead atoms. The summed E-state index contributed by atoms with van der Waals surface area (Å²) in [5.74, 6) is 1.42. The second kappa shape index (κ2) is 11.2. The first kappa shape index (κ1) is 25.0. The first-order valence-corrected chi connectivity index (χ1v) is 14.0. The topological polar surface area (TPSA) is 56.8 Å². The third-order valence-electron chi connectivity index (χ3n) is 8.66. The number of ether oxygens (including phenoxy) is 1. The zero-order chi connectivity index (χ0) is 25.9. The average Bonchev–Trinajstić information content (AvgIpc) is 2.98. The number of methoxy groups -OCH3 is 1. The van der Waals surface area contributed by atoms with Crippen molar-refractivity contribution in [3.05, 3.63) is 95.6 Å². The number of piperidine rings is 2. The largest absolute Gasteiger partial charge is 0.497 e. The lowest BCUT2D eigenvalue weighted by Gasteiger charge is -2.44. The molecule has 3 aliphatic heterocycles. The highest BCUT2D eigenvalue weighted by Crippen LogP contribution is 2.42. The molecule has 6 nitrogen and oxygen atoms in total. The second-order valence-corrected chi connectivity index (χ2v) is 10.9. The van der Waals surface area contributed by atoms with E-state index in [0.29, 0.717) is 0 Å². The fourth-order valence-electron chi connectivity index (χ4n) is 6.50. The van der Waals surface area contributed by atoms with Crippen molar-refractivity contribution in [3.8, 4) is 5.75 Å². The third-order valence-corrected chi connectivity index (χ3v) is 8.66. The molecule has 3 aliphatic rings. The molecule has 6 heteroatoms. The maximum absolute atomic E-state index is 12.6. The van der Waals surface area contributed by atoms with Gasteiger partial charge in [-0.25, -0.2) is 0 Å². The monoisotopic (exact) mass is 510 g/mol. The molecule has 3 aromatic carbocycles. The number of carbonyl (C=O) groups is 1. The van der Waals surface area contributed by atoms with E-state index < -0.39 is 0 Å². The Bertz CT molecular complexity index is 1210. The van der Waals surface area contributed by atoms with Gasteiger partial charge in [0.1, 0.15) is 5.75 Å². The van der Waals surface area contributed by atoms with Gasteiger partial charge in [-0.05, 0) is 53.8 Å². The molecule has 0 aromatic heterocycles. The quantitative estimate of drug-likeness (QED) is 0.517. The van der Waals surface area contributed by atoms with Gasteiger partial charge in [0.05, 0.1) is 13.0 Å². The number of hydrogen-bond donors (Lipinski definition) is 2. The number of nitrogens with one attached hydrogen (secondary N) is 2. The molecule has 2 N–H and O–H groups in total. The molecule has 3 heterocycles. The lowest BCUT2D eigenvalue weighted by molar-refractivity contribution is -0.129. The van der Waals surface area contributed by atoms with Gasteiger partial charge in [-0.3, -0.25) is 9.69 Å². The molecule has 6 rings (SSSR count). The van der Waals surface area contributed by atoms with Crippen molar-refractivity contribution in [1.82, 2.24) is 15.5 Å². The molecule has 4 unspecified atom stereocenters. The van der Waals surface area contributed by atoms with Gasteiger partial charge in [0, 0.05) is 63.0 Å². The van der Waals surface area contributed by atoms with Gasteiger partial charge in [-0.15, -0.1) is 0 Å². The number of nitrogens with zero attached hydrogens (tertiary/aromatic N) is 2. The van der Waals surface area contributed by atoms with Gasteiger partial charge in [0.2, 0.25) is 5.91 Å². The van der Waals surface area contributed by atoms with E-state index in [1.807, 2.05) is 12.1 Å². The predicted molar refractivity (Wildman–Crippen MR) is 152 cm³/mol. The van der Waals surface area contributed by atoms with E-state index in [2.05, 4.69) is 87.2 Å². The van der Waals surface area contributed by atoms with Crippen LogP contribution in [0.1, 0.15) is 41.5 Å². The highest BCUT2D eigenvalue weighted by Gasteiger charge is 2.42. The second-order valence-electron chi connectivity index (χ2n) is 10.9. The molecule has 0 saturated carbocycles. The first-order valence-electron chi connectivity index (χ1n) is 14.0. The van der Waals surface area contributed by atoms with Crippen molar-refractivity contribution in [2.45, 2.75) is 37.4 Å².